The van der Waals surface area contributed by atoms with Crippen LogP contribution in [0, 0.1) is 0 Å². The molecule has 7 nitrogen and oxygen atoms in total. The molecule has 1 fully saturated rings. The number of anilines is 2. The molecule has 1 saturated heterocycles. The molecule has 0 aliphatic carbocycles. The molecule has 0 spiro atoms. The Hall–Kier alpha value is -4.72. The lowest BCUT2D eigenvalue weighted by Gasteiger charge is -2.32. The van der Waals surface area contributed by atoms with Gasteiger partial charge in [-0.15, -0.1) is 0 Å². The zero-order valence-electron chi connectivity index (χ0n) is 23.8. The van der Waals surface area contributed by atoms with E-state index < -0.39 is 0 Å². The van der Waals surface area contributed by atoms with Crippen LogP contribution in [-0.4, -0.2) is 54.8 Å². The van der Waals surface area contributed by atoms with Crippen molar-refractivity contribution in [1.82, 2.24) is 15.1 Å². The third-order valence-corrected chi connectivity index (χ3v) is 7.83. The van der Waals surface area contributed by atoms with Gasteiger partial charge in [-0.05, 0) is 54.1 Å². The maximum absolute atomic E-state index is 13.5. The lowest BCUT2D eigenvalue weighted by molar-refractivity contribution is -0.110. The number of likely N-dealkylation sites (N-methyl/N-ethyl adjacent to an activating group) is 1. The number of piperazine rings is 1. The Balaban J connectivity index is 1.31. The molecule has 2 aliphatic rings. The highest BCUT2D eigenvalue weighted by molar-refractivity contribution is 6.37. The van der Waals surface area contributed by atoms with E-state index in [9.17, 15) is 9.59 Å². The minimum atomic E-state index is -0.202. The molecule has 7 heteroatoms. The quantitative estimate of drug-likeness (QED) is 0.257. The zero-order chi connectivity index (χ0) is 28.9. The van der Waals surface area contributed by atoms with Gasteiger partial charge in [0.25, 0.3) is 11.8 Å². The maximum atomic E-state index is 13.5. The third kappa shape index (κ3) is 6.28. The lowest BCUT2D eigenvalue weighted by Crippen LogP contribution is -2.43. The van der Waals surface area contributed by atoms with E-state index in [0.29, 0.717) is 34.6 Å². The van der Waals surface area contributed by atoms with Gasteiger partial charge in [-0.1, -0.05) is 72.8 Å². The molecule has 2 aliphatic heterocycles. The van der Waals surface area contributed by atoms with E-state index in [1.807, 2.05) is 66.7 Å². The summed E-state index contributed by atoms with van der Waals surface area (Å²) in [6.07, 6.45) is 0. The molecular weight excluding hydrogens is 522 g/mol. The van der Waals surface area contributed by atoms with Crippen LogP contribution < -0.4 is 16.0 Å². The first kappa shape index (κ1) is 27.4. The predicted octanol–water partition coefficient (Wildman–Crippen LogP) is 5.30. The van der Waals surface area contributed by atoms with Crippen molar-refractivity contribution in [3.05, 3.63) is 131 Å². The third-order valence-electron chi connectivity index (χ3n) is 7.83. The summed E-state index contributed by atoms with van der Waals surface area (Å²) in [4.78, 5) is 31.4. The van der Waals surface area contributed by atoms with Crippen molar-refractivity contribution in [3.63, 3.8) is 0 Å². The summed E-state index contributed by atoms with van der Waals surface area (Å²) >= 11 is 0. The van der Waals surface area contributed by atoms with Crippen LogP contribution in [0.3, 0.4) is 0 Å². The van der Waals surface area contributed by atoms with E-state index in [4.69, 9.17) is 0 Å². The molecule has 6 rings (SSSR count). The fourth-order valence-corrected chi connectivity index (χ4v) is 5.48. The molecule has 42 heavy (non-hydrogen) atoms. The van der Waals surface area contributed by atoms with Crippen LogP contribution in [0.4, 0.5) is 11.4 Å². The summed E-state index contributed by atoms with van der Waals surface area (Å²) in [5, 5.41) is 9.57. The van der Waals surface area contributed by atoms with Gasteiger partial charge >= 0.3 is 0 Å². The fourth-order valence-electron chi connectivity index (χ4n) is 5.48. The van der Waals surface area contributed by atoms with Gasteiger partial charge in [0.1, 0.15) is 0 Å². The monoisotopic (exact) mass is 557 g/mol. The molecule has 4 aromatic rings. The van der Waals surface area contributed by atoms with Crippen LogP contribution in [0.1, 0.15) is 32.6 Å². The highest BCUT2D eigenvalue weighted by atomic mass is 16.2. The number of hydrogen-bond acceptors (Lipinski definition) is 5. The van der Waals surface area contributed by atoms with Gasteiger partial charge in [0.15, 0.2) is 0 Å². The highest BCUT2D eigenvalue weighted by Gasteiger charge is 2.29. The second kappa shape index (κ2) is 12.4. The molecule has 0 atom stereocenters. The van der Waals surface area contributed by atoms with E-state index >= 15 is 0 Å². The number of rotatable bonds is 8. The first-order valence-corrected chi connectivity index (χ1v) is 14.4. The van der Waals surface area contributed by atoms with E-state index in [0.717, 1.165) is 49.5 Å². The van der Waals surface area contributed by atoms with Crippen LogP contribution in [0.25, 0.3) is 11.3 Å². The molecule has 4 aromatic carbocycles. The first-order chi connectivity index (χ1) is 20.5. The fraction of sp³-hybridized carbons (Fsp3) is 0.200. The molecule has 0 bridgehead atoms. The number of carbonyl (C=O) groups is 2. The van der Waals surface area contributed by atoms with Gasteiger partial charge in [0, 0.05) is 61.8 Å². The molecule has 0 aromatic heterocycles. The summed E-state index contributed by atoms with van der Waals surface area (Å²) in [7, 11) is 2.16. The molecular formula is C35H35N5O2. The Kier molecular flexibility index (Phi) is 8.12. The summed E-state index contributed by atoms with van der Waals surface area (Å²) in [6.45, 7) is 5.55. The van der Waals surface area contributed by atoms with Crippen molar-refractivity contribution < 1.29 is 9.59 Å². The van der Waals surface area contributed by atoms with Crippen molar-refractivity contribution in [1.29, 1.82) is 0 Å². The van der Waals surface area contributed by atoms with Crippen LogP contribution in [0.15, 0.2) is 103 Å². The first-order valence-electron chi connectivity index (χ1n) is 14.4. The molecule has 2 heterocycles. The highest BCUT2D eigenvalue weighted by Crippen LogP contribution is 2.38. The Morgan fingerprint density at radius 3 is 2.26 bits per heavy atom. The molecule has 0 radical (unpaired) electrons. The molecule has 3 N–H and O–H groups in total. The zero-order valence-corrected chi connectivity index (χ0v) is 23.8. The molecule has 212 valence electrons. The average molecular weight is 558 g/mol. The maximum Gasteiger partial charge on any atom is 0.258 e. The van der Waals surface area contributed by atoms with Gasteiger partial charge in [0.05, 0.1) is 11.3 Å². The number of hydrogen-bond donors (Lipinski definition) is 3. The number of carbonyl (C=O) groups excluding carboxylic acids is 2. The summed E-state index contributed by atoms with van der Waals surface area (Å²) in [6, 6.07) is 33.4. The number of nitrogens with one attached hydrogen (secondary N) is 3. The number of nitrogens with zero attached hydrogens (tertiary/aromatic N) is 2. The number of amides is 2. The molecule has 0 unspecified atom stereocenters. The Morgan fingerprint density at radius 2 is 1.50 bits per heavy atom. The van der Waals surface area contributed by atoms with E-state index in [-0.39, 0.29) is 11.8 Å². The van der Waals surface area contributed by atoms with Crippen LogP contribution in [0.2, 0.25) is 0 Å². The number of fused-ring (bicyclic) bond motifs is 1. The average Bonchev–Trinajstić information content (AvgIpc) is 3.35. The number of benzene rings is 4. The predicted molar refractivity (Wildman–Crippen MR) is 169 cm³/mol. The Bertz CT molecular complexity index is 1610. The Labute approximate surface area is 246 Å². The van der Waals surface area contributed by atoms with Gasteiger partial charge in [-0.2, -0.15) is 0 Å². The Morgan fingerprint density at radius 1 is 0.786 bits per heavy atom. The van der Waals surface area contributed by atoms with Crippen molar-refractivity contribution in [2.75, 3.05) is 43.9 Å². The van der Waals surface area contributed by atoms with Crippen molar-refractivity contribution in [3.8, 4) is 0 Å². The van der Waals surface area contributed by atoms with E-state index in [1.54, 1.807) is 18.2 Å². The minimum absolute atomic E-state index is 0.189. The molecule has 2 amide bonds. The van der Waals surface area contributed by atoms with Crippen molar-refractivity contribution in [2.24, 2.45) is 0 Å². The summed E-state index contributed by atoms with van der Waals surface area (Å²) in [5.41, 5.74) is 7.14. The van der Waals surface area contributed by atoms with Crippen LogP contribution >= 0.6 is 0 Å². The van der Waals surface area contributed by atoms with Crippen molar-refractivity contribution in [2.45, 2.75) is 13.1 Å². The summed E-state index contributed by atoms with van der Waals surface area (Å²) in [5.74, 6) is -0.391. The minimum Gasteiger partial charge on any atom is -0.354 e. The van der Waals surface area contributed by atoms with E-state index in [2.05, 4.69) is 51.0 Å². The second-order valence-corrected chi connectivity index (χ2v) is 10.9. The largest absolute Gasteiger partial charge is 0.354 e. The smallest absolute Gasteiger partial charge is 0.258 e. The normalized spacial score (nSPS) is 16.5. The molecule has 0 saturated carbocycles. The van der Waals surface area contributed by atoms with Crippen LogP contribution in [-0.2, 0) is 17.9 Å². The van der Waals surface area contributed by atoms with Gasteiger partial charge in [0.2, 0.25) is 0 Å². The van der Waals surface area contributed by atoms with Gasteiger partial charge < -0.3 is 20.9 Å². The van der Waals surface area contributed by atoms with Crippen LogP contribution in [0.5, 0.6) is 0 Å². The lowest BCUT2D eigenvalue weighted by atomic mass is 9.98. The summed E-state index contributed by atoms with van der Waals surface area (Å²) < 4.78 is 0. The van der Waals surface area contributed by atoms with E-state index in [1.165, 1.54) is 5.56 Å². The van der Waals surface area contributed by atoms with Gasteiger partial charge in [-0.25, -0.2) is 0 Å². The topological polar surface area (TPSA) is 76.7 Å². The second-order valence-electron chi connectivity index (χ2n) is 10.9. The standard InChI is InChI=1S/C35H35N5O2/c1-39-17-19-40(20-18-39)24-26-11-8-14-29(21-26)37-33(27-12-6-3-7-13-27)32-30-22-28(15-16-31(30)38-35(32)42)34(41)36-23-25-9-4-2-5-10-25/h2-16,21-22,37H,17-20,23-24H2,1H3,(H,36,41)(H,38,42)/b33-32-. The van der Waals surface area contributed by atoms with Crippen molar-refractivity contribution >= 4 is 34.5 Å². The SMILES string of the molecule is CN1CCN(Cc2cccc(N/C(=C3\C(=O)Nc4ccc(C(=O)NCc5ccccc5)cc43)c3ccccc3)c2)CC1. The van der Waals surface area contributed by atoms with Gasteiger partial charge in [-0.3, -0.25) is 14.5 Å².